The molecule has 0 fully saturated rings. The van der Waals surface area contributed by atoms with Gasteiger partial charge in [-0.05, 0) is 17.7 Å². The number of hydrogen-bond donors (Lipinski definition) is 3. The zero-order valence-corrected chi connectivity index (χ0v) is 15.7. The summed E-state index contributed by atoms with van der Waals surface area (Å²) in [5.74, 6) is -1.73. The number of carboxylic acids is 1. The second kappa shape index (κ2) is 6.15. The highest BCUT2D eigenvalue weighted by molar-refractivity contribution is 6.23. The summed E-state index contributed by atoms with van der Waals surface area (Å²) in [6, 6.07) is 13.2. The minimum absolute atomic E-state index is 0.0949. The van der Waals surface area contributed by atoms with Gasteiger partial charge in [-0.2, -0.15) is 0 Å². The molecular weight excluding hydrogens is 386 g/mol. The fraction of sp³-hybridized carbons (Fsp3) is 0.0909. The average Bonchev–Trinajstić information content (AvgIpc) is 3.03. The van der Waals surface area contributed by atoms with Crippen LogP contribution in [0.3, 0.4) is 0 Å². The second-order valence-electron chi connectivity index (χ2n) is 7.23. The quantitative estimate of drug-likeness (QED) is 0.603. The van der Waals surface area contributed by atoms with Crippen molar-refractivity contribution in [1.82, 2.24) is 9.55 Å². The third-order valence-electron chi connectivity index (χ3n) is 5.63. The monoisotopic (exact) mass is 401 g/mol. The third kappa shape index (κ3) is 2.33. The van der Waals surface area contributed by atoms with E-state index in [-0.39, 0.29) is 16.9 Å². The summed E-state index contributed by atoms with van der Waals surface area (Å²) in [6.07, 6.45) is 0. The number of benzene rings is 2. The van der Waals surface area contributed by atoms with Gasteiger partial charge in [0.25, 0.3) is 5.56 Å². The number of nitrogens with one attached hydrogen (secondary N) is 2. The minimum Gasteiger partial charge on any atom is -0.478 e. The smallest absolute Gasteiger partial charge is 0.335 e. The molecule has 148 valence electrons. The average molecular weight is 401 g/mol. The van der Waals surface area contributed by atoms with Crippen LogP contribution in [0.15, 0.2) is 63.7 Å². The normalized spacial score (nSPS) is 16.6. The van der Waals surface area contributed by atoms with E-state index in [1.54, 1.807) is 24.3 Å². The van der Waals surface area contributed by atoms with Crippen LogP contribution in [-0.4, -0.2) is 26.4 Å². The largest absolute Gasteiger partial charge is 0.478 e. The van der Waals surface area contributed by atoms with Gasteiger partial charge in [-0.15, -0.1) is 0 Å². The highest BCUT2D eigenvalue weighted by Crippen LogP contribution is 2.47. The second-order valence-corrected chi connectivity index (χ2v) is 7.23. The van der Waals surface area contributed by atoms with Crippen LogP contribution < -0.4 is 16.6 Å². The fourth-order valence-corrected chi connectivity index (χ4v) is 4.18. The number of nitrogens with zero attached hydrogens (tertiary/aromatic N) is 1. The number of carbonyl (C=O) groups is 2. The molecule has 8 heteroatoms. The van der Waals surface area contributed by atoms with Crippen LogP contribution in [0.25, 0.3) is 5.70 Å². The molecule has 0 unspecified atom stereocenters. The van der Waals surface area contributed by atoms with Crippen LogP contribution >= 0.6 is 0 Å². The van der Waals surface area contributed by atoms with E-state index in [0.717, 1.165) is 0 Å². The van der Waals surface area contributed by atoms with Crippen LogP contribution in [0.1, 0.15) is 43.3 Å². The molecular formula is C22H15N3O5. The number of carboxylic acid groups (broad SMARTS) is 1. The maximum Gasteiger partial charge on any atom is 0.335 e. The molecule has 8 nitrogen and oxygen atoms in total. The van der Waals surface area contributed by atoms with Crippen LogP contribution in [-0.2, 0) is 7.05 Å². The van der Waals surface area contributed by atoms with E-state index in [2.05, 4.69) is 10.3 Å². The van der Waals surface area contributed by atoms with Gasteiger partial charge in [0.1, 0.15) is 5.82 Å². The molecule has 0 radical (unpaired) electrons. The Morgan fingerprint density at radius 3 is 2.33 bits per heavy atom. The molecule has 0 amide bonds. The zero-order valence-electron chi connectivity index (χ0n) is 15.7. The Morgan fingerprint density at radius 2 is 1.67 bits per heavy atom. The van der Waals surface area contributed by atoms with Crippen molar-refractivity contribution in [2.45, 2.75) is 5.92 Å². The van der Waals surface area contributed by atoms with Crippen LogP contribution in [0.5, 0.6) is 0 Å². The van der Waals surface area contributed by atoms with Crippen molar-refractivity contribution in [1.29, 1.82) is 0 Å². The number of aromatic nitrogens is 2. The lowest BCUT2D eigenvalue weighted by Crippen LogP contribution is -2.37. The van der Waals surface area contributed by atoms with Crippen molar-refractivity contribution >= 4 is 23.3 Å². The van der Waals surface area contributed by atoms with Crippen molar-refractivity contribution < 1.29 is 14.7 Å². The lowest BCUT2D eigenvalue weighted by Gasteiger charge is -2.29. The molecule has 0 spiro atoms. The molecule has 3 aromatic rings. The molecule has 2 aliphatic rings. The molecule has 1 aliphatic carbocycles. The van der Waals surface area contributed by atoms with Gasteiger partial charge < -0.3 is 10.4 Å². The van der Waals surface area contributed by atoms with Crippen molar-refractivity contribution in [3.05, 3.63) is 103 Å². The lowest BCUT2D eigenvalue weighted by molar-refractivity contribution is 0.0696. The Kier molecular flexibility index (Phi) is 3.66. The summed E-state index contributed by atoms with van der Waals surface area (Å²) in [5.41, 5.74) is 1.90. The molecule has 3 N–H and O–H groups in total. The van der Waals surface area contributed by atoms with E-state index in [1.807, 2.05) is 12.1 Å². The topological polar surface area (TPSA) is 121 Å². The van der Waals surface area contributed by atoms with Crippen LogP contribution in [0.4, 0.5) is 5.82 Å². The van der Waals surface area contributed by atoms with E-state index in [4.69, 9.17) is 0 Å². The molecule has 0 saturated carbocycles. The molecule has 0 bridgehead atoms. The standard InChI is InChI=1S/C22H15N3O5/c1-25-19-16(20(27)24-22(25)30)14(10-6-8-11(9-7-10)21(28)29)15-17(23-19)12-4-2-3-5-13(12)18(15)26/h2-9,14,23H,1H3,(H,28,29)(H,24,27,30)/t14-/m0/s1. The van der Waals surface area contributed by atoms with Crippen molar-refractivity contribution in [3.8, 4) is 0 Å². The van der Waals surface area contributed by atoms with Crippen LogP contribution in [0, 0.1) is 0 Å². The summed E-state index contributed by atoms with van der Waals surface area (Å²) in [7, 11) is 1.53. The fourth-order valence-electron chi connectivity index (χ4n) is 4.18. The number of allylic oxidation sites excluding steroid dienone is 1. The van der Waals surface area contributed by atoms with Gasteiger partial charge in [-0.25, -0.2) is 9.59 Å². The van der Waals surface area contributed by atoms with E-state index >= 15 is 0 Å². The number of anilines is 1. The minimum atomic E-state index is -1.07. The lowest BCUT2D eigenvalue weighted by atomic mass is 9.81. The molecule has 2 heterocycles. The number of fused-ring (bicyclic) bond motifs is 3. The maximum absolute atomic E-state index is 13.3. The Morgan fingerprint density at radius 1 is 1.00 bits per heavy atom. The predicted octanol–water partition coefficient (Wildman–Crippen LogP) is 1.94. The number of ketones is 1. The number of rotatable bonds is 2. The Bertz CT molecular complexity index is 1410. The van der Waals surface area contributed by atoms with Gasteiger partial charge in [0.15, 0.2) is 5.78 Å². The summed E-state index contributed by atoms with van der Waals surface area (Å²) >= 11 is 0. The summed E-state index contributed by atoms with van der Waals surface area (Å²) < 4.78 is 1.30. The van der Waals surface area contributed by atoms with E-state index in [9.17, 15) is 24.3 Å². The van der Waals surface area contributed by atoms with Gasteiger partial charge in [0.2, 0.25) is 0 Å². The van der Waals surface area contributed by atoms with Gasteiger partial charge >= 0.3 is 11.7 Å². The third-order valence-corrected chi connectivity index (χ3v) is 5.63. The Hall–Kier alpha value is -4.20. The first-order chi connectivity index (χ1) is 14.4. The van der Waals surface area contributed by atoms with Crippen LogP contribution in [0.2, 0.25) is 0 Å². The first-order valence-electron chi connectivity index (χ1n) is 9.20. The van der Waals surface area contributed by atoms with Gasteiger partial charge in [0.05, 0.1) is 16.8 Å². The highest BCUT2D eigenvalue weighted by atomic mass is 16.4. The first kappa shape index (κ1) is 17.9. The number of Topliss-reactive ketones (excluding diaryl/α,β-unsaturated/α-hetero) is 1. The van der Waals surface area contributed by atoms with E-state index in [0.29, 0.717) is 33.8 Å². The van der Waals surface area contributed by atoms with E-state index < -0.39 is 23.1 Å². The van der Waals surface area contributed by atoms with Gasteiger partial charge in [-0.1, -0.05) is 36.4 Å². The zero-order chi connectivity index (χ0) is 21.2. The Labute approximate surface area is 169 Å². The molecule has 5 rings (SSSR count). The Balaban J connectivity index is 1.82. The molecule has 1 aromatic heterocycles. The van der Waals surface area contributed by atoms with Gasteiger partial charge in [0, 0.05) is 29.7 Å². The molecule has 0 saturated heterocycles. The summed E-state index contributed by atoms with van der Waals surface area (Å²) in [6.45, 7) is 0. The van der Waals surface area contributed by atoms with Crippen molar-refractivity contribution in [3.63, 3.8) is 0 Å². The number of carbonyl (C=O) groups excluding carboxylic acids is 1. The highest BCUT2D eigenvalue weighted by Gasteiger charge is 2.42. The number of aromatic amines is 1. The predicted molar refractivity (Wildman–Crippen MR) is 109 cm³/mol. The molecule has 30 heavy (non-hydrogen) atoms. The first-order valence-corrected chi connectivity index (χ1v) is 9.20. The SMILES string of the molecule is Cn1c2c(c(=O)[nH]c1=O)[C@@H](c1ccc(C(=O)O)cc1)C1=C(N2)c2ccccc2C1=O. The summed E-state index contributed by atoms with van der Waals surface area (Å²) in [4.78, 5) is 51.8. The maximum atomic E-state index is 13.3. The number of H-pyrrole nitrogens is 1. The molecule has 1 aliphatic heterocycles. The molecule has 2 aromatic carbocycles. The van der Waals surface area contributed by atoms with Gasteiger partial charge in [-0.3, -0.25) is 19.1 Å². The summed E-state index contributed by atoms with van der Waals surface area (Å²) in [5, 5.41) is 12.3. The number of aromatic carboxylic acids is 1. The molecule has 1 atom stereocenters. The van der Waals surface area contributed by atoms with Crippen molar-refractivity contribution in [2.24, 2.45) is 7.05 Å². The van der Waals surface area contributed by atoms with E-state index in [1.165, 1.54) is 23.7 Å². The number of hydrogen-bond acceptors (Lipinski definition) is 5. The van der Waals surface area contributed by atoms with Crippen molar-refractivity contribution in [2.75, 3.05) is 5.32 Å².